The fraction of sp³-hybridized carbons (Fsp3) is 0.923. The number of ether oxygens (including phenoxy) is 1. The molecule has 18 heavy (non-hydrogen) atoms. The van der Waals surface area contributed by atoms with Gasteiger partial charge >= 0.3 is 0 Å². The summed E-state index contributed by atoms with van der Waals surface area (Å²) in [7, 11) is 2.13. The van der Waals surface area contributed by atoms with E-state index in [1.54, 1.807) is 0 Å². The molecule has 1 aliphatic rings. The first-order valence-electron chi connectivity index (χ1n) is 6.88. The third kappa shape index (κ3) is 4.92. The first-order chi connectivity index (χ1) is 8.56. The zero-order valence-corrected chi connectivity index (χ0v) is 11.8. The van der Waals surface area contributed by atoms with Gasteiger partial charge in [0.1, 0.15) is 0 Å². The Hall–Kier alpha value is -0.650. The van der Waals surface area contributed by atoms with Crippen molar-refractivity contribution in [2.24, 2.45) is 5.73 Å². The molecule has 3 unspecified atom stereocenters. The normalized spacial score (nSPS) is 26.9. The summed E-state index contributed by atoms with van der Waals surface area (Å²) in [6.07, 6.45) is 2.25. The van der Waals surface area contributed by atoms with Crippen LogP contribution in [0.5, 0.6) is 0 Å². The summed E-state index contributed by atoms with van der Waals surface area (Å²) in [5, 5.41) is 3.09. The van der Waals surface area contributed by atoms with Crippen LogP contribution in [0.4, 0.5) is 0 Å². The summed E-state index contributed by atoms with van der Waals surface area (Å²) < 4.78 is 5.40. The molecule has 0 aromatic rings. The summed E-state index contributed by atoms with van der Waals surface area (Å²) in [5.74, 6) is 0.0562. The van der Waals surface area contributed by atoms with Crippen LogP contribution in [0.3, 0.4) is 0 Å². The molecule has 0 aromatic heterocycles. The van der Waals surface area contributed by atoms with Crippen LogP contribution < -0.4 is 11.1 Å². The van der Waals surface area contributed by atoms with E-state index in [9.17, 15) is 4.79 Å². The Morgan fingerprint density at radius 2 is 2.33 bits per heavy atom. The summed E-state index contributed by atoms with van der Waals surface area (Å²) in [5.41, 5.74) is 5.57. The van der Waals surface area contributed by atoms with E-state index in [4.69, 9.17) is 10.5 Å². The molecule has 0 saturated carbocycles. The van der Waals surface area contributed by atoms with E-state index in [1.165, 1.54) is 0 Å². The van der Waals surface area contributed by atoms with Crippen LogP contribution in [0.2, 0.25) is 0 Å². The van der Waals surface area contributed by atoms with Gasteiger partial charge in [0.2, 0.25) is 5.91 Å². The number of hydrogen-bond acceptors (Lipinski definition) is 4. The lowest BCUT2D eigenvalue weighted by atomic mass is 9.98. The van der Waals surface area contributed by atoms with Gasteiger partial charge in [-0.1, -0.05) is 0 Å². The molecule has 3 atom stereocenters. The SMILES string of the molecule is CCOC(CN)CC(=O)NC1CCN(C)C(C)C1. The monoisotopic (exact) mass is 257 g/mol. The highest BCUT2D eigenvalue weighted by molar-refractivity contribution is 5.76. The van der Waals surface area contributed by atoms with E-state index in [0.717, 1.165) is 19.4 Å². The highest BCUT2D eigenvalue weighted by Crippen LogP contribution is 2.15. The molecular formula is C13H27N3O2. The molecule has 1 saturated heterocycles. The molecular weight excluding hydrogens is 230 g/mol. The van der Waals surface area contributed by atoms with Crippen LogP contribution in [0, 0.1) is 0 Å². The predicted octanol–water partition coefficient (Wildman–Crippen LogP) is 0.339. The molecule has 1 fully saturated rings. The van der Waals surface area contributed by atoms with Gasteiger partial charge in [-0.25, -0.2) is 0 Å². The van der Waals surface area contributed by atoms with Crippen LogP contribution in [0.15, 0.2) is 0 Å². The van der Waals surface area contributed by atoms with Crippen molar-refractivity contribution < 1.29 is 9.53 Å². The van der Waals surface area contributed by atoms with Gasteiger partial charge in [-0.3, -0.25) is 4.79 Å². The van der Waals surface area contributed by atoms with Gasteiger partial charge in [0.05, 0.1) is 12.5 Å². The number of carbonyl (C=O) groups is 1. The Balaban J connectivity index is 2.31. The summed E-state index contributed by atoms with van der Waals surface area (Å²) in [6, 6.07) is 0.824. The van der Waals surface area contributed by atoms with E-state index in [2.05, 4.69) is 24.2 Å². The maximum Gasteiger partial charge on any atom is 0.222 e. The Bertz CT molecular complexity index is 261. The number of nitrogens with two attached hydrogens (primary N) is 1. The Kier molecular flexibility index (Phi) is 6.60. The number of carbonyl (C=O) groups excluding carboxylic acids is 1. The van der Waals surface area contributed by atoms with Gasteiger partial charge < -0.3 is 20.7 Å². The predicted molar refractivity (Wildman–Crippen MR) is 72.3 cm³/mol. The molecule has 1 aliphatic heterocycles. The molecule has 0 spiro atoms. The zero-order valence-electron chi connectivity index (χ0n) is 11.8. The van der Waals surface area contributed by atoms with Gasteiger partial charge in [-0.2, -0.15) is 0 Å². The van der Waals surface area contributed by atoms with Gasteiger partial charge in [0, 0.05) is 31.8 Å². The summed E-state index contributed by atoms with van der Waals surface area (Å²) >= 11 is 0. The van der Waals surface area contributed by atoms with Crippen molar-refractivity contribution in [2.75, 3.05) is 26.7 Å². The minimum atomic E-state index is -0.154. The number of amides is 1. The quantitative estimate of drug-likeness (QED) is 0.720. The fourth-order valence-corrected chi connectivity index (χ4v) is 2.36. The van der Waals surface area contributed by atoms with Crippen molar-refractivity contribution in [1.29, 1.82) is 0 Å². The second kappa shape index (κ2) is 7.71. The lowest BCUT2D eigenvalue weighted by Crippen LogP contribution is -2.48. The number of hydrogen-bond donors (Lipinski definition) is 2. The number of piperidine rings is 1. The lowest BCUT2D eigenvalue weighted by Gasteiger charge is -2.35. The Morgan fingerprint density at radius 3 is 2.89 bits per heavy atom. The van der Waals surface area contributed by atoms with Gasteiger partial charge in [-0.15, -0.1) is 0 Å². The largest absolute Gasteiger partial charge is 0.377 e. The van der Waals surface area contributed by atoms with Crippen LogP contribution in [-0.2, 0) is 9.53 Å². The van der Waals surface area contributed by atoms with Crippen molar-refractivity contribution in [3.63, 3.8) is 0 Å². The topological polar surface area (TPSA) is 67.6 Å². The fourth-order valence-electron chi connectivity index (χ4n) is 2.36. The molecule has 0 radical (unpaired) electrons. The molecule has 1 amide bonds. The first-order valence-corrected chi connectivity index (χ1v) is 6.88. The van der Waals surface area contributed by atoms with Crippen molar-refractivity contribution in [3.8, 4) is 0 Å². The molecule has 1 rings (SSSR count). The molecule has 5 nitrogen and oxygen atoms in total. The van der Waals surface area contributed by atoms with Gasteiger partial charge in [-0.05, 0) is 33.7 Å². The molecule has 3 N–H and O–H groups in total. The Morgan fingerprint density at radius 1 is 1.61 bits per heavy atom. The minimum absolute atomic E-state index is 0.0562. The zero-order chi connectivity index (χ0) is 13.5. The summed E-state index contributed by atoms with van der Waals surface area (Å²) in [6.45, 7) is 6.14. The molecule has 106 valence electrons. The van der Waals surface area contributed by atoms with Gasteiger partial charge in [0.15, 0.2) is 0 Å². The second-order valence-corrected chi connectivity index (χ2v) is 5.14. The average molecular weight is 257 g/mol. The second-order valence-electron chi connectivity index (χ2n) is 5.14. The molecule has 0 bridgehead atoms. The number of likely N-dealkylation sites (tertiary alicyclic amines) is 1. The van der Waals surface area contributed by atoms with E-state index >= 15 is 0 Å². The average Bonchev–Trinajstić information content (AvgIpc) is 2.33. The smallest absolute Gasteiger partial charge is 0.222 e. The van der Waals surface area contributed by atoms with Crippen molar-refractivity contribution in [3.05, 3.63) is 0 Å². The first kappa shape index (κ1) is 15.4. The van der Waals surface area contributed by atoms with Crippen LogP contribution in [0.25, 0.3) is 0 Å². The lowest BCUT2D eigenvalue weighted by molar-refractivity contribution is -0.124. The van der Waals surface area contributed by atoms with E-state index in [-0.39, 0.29) is 12.0 Å². The molecule has 1 heterocycles. The number of nitrogens with zero attached hydrogens (tertiary/aromatic N) is 1. The molecule has 5 heteroatoms. The van der Waals surface area contributed by atoms with Crippen molar-refractivity contribution in [1.82, 2.24) is 10.2 Å². The maximum atomic E-state index is 11.9. The van der Waals surface area contributed by atoms with E-state index < -0.39 is 0 Å². The minimum Gasteiger partial charge on any atom is -0.377 e. The Labute approximate surface area is 110 Å². The molecule has 0 aromatic carbocycles. The number of nitrogens with one attached hydrogen (secondary N) is 1. The molecule has 0 aliphatic carbocycles. The highest BCUT2D eigenvalue weighted by atomic mass is 16.5. The van der Waals surface area contributed by atoms with Crippen LogP contribution in [-0.4, -0.2) is 55.7 Å². The van der Waals surface area contributed by atoms with Crippen molar-refractivity contribution >= 4 is 5.91 Å². The van der Waals surface area contributed by atoms with E-state index in [0.29, 0.717) is 31.7 Å². The van der Waals surface area contributed by atoms with E-state index in [1.807, 2.05) is 6.92 Å². The third-order valence-corrected chi connectivity index (χ3v) is 3.65. The summed E-state index contributed by atoms with van der Waals surface area (Å²) in [4.78, 5) is 14.2. The van der Waals surface area contributed by atoms with Gasteiger partial charge in [0.25, 0.3) is 0 Å². The van der Waals surface area contributed by atoms with Crippen LogP contribution >= 0.6 is 0 Å². The maximum absolute atomic E-state index is 11.9. The standard InChI is InChI=1S/C13H27N3O2/c1-4-18-12(9-14)8-13(17)15-11-5-6-16(3)10(2)7-11/h10-12H,4-9,14H2,1-3H3,(H,15,17). The third-order valence-electron chi connectivity index (χ3n) is 3.65. The van der Waals surface area contributed by atoms with Crippen molar-refractivity contribution in [2.45, 2.75) is 51.3 Å². The highest BCUT2D eigenvalue weighted by Gasteiger charge is 2.24. The number of rotatable bonds is 6. The van der Waals surface area contributed by atoms with Crippen LogP contribution in [0.1, 0.15) is 33.1 Å².